The normalized spacial score (nSPS) is 12.0. The van der Waals surface area contributed by atoms with Crippen molar-refractivity contribution in [3.63, 3.8) is 0 Å². The molecule has 142 valence electrons. The number of carbonyl (C=O) groups excluding carboxylic acids is 1. The molecule has 7 nitrogen and oxygen atoms in total. The van der Waals surface area contributed by atoms with Crippen molar-refractivity contribution < 1.29 is 18.3 Å². The minimum absolute atomic E-state index is 0. The van der Waals surface area contributed by atoms with Crippen molar-refractivity contribution in [1.82, 2.24) is 10.6 Å². The van der Waals surface area contributed by atoms with E-state index < -0.39 is 5.91 Å². The summed E-state index contributed by atoms with van der Waals surface area (Å²) < 4.78 is 23.8. The molecule has 4 N–H and O–H groups in total. The molecule has 0 radical (unpaired) electrons. The molecule has 1 amide bonds. The van der Waals surface area contributed by atoms with Gasteiger partial charge in [-0.1, -0.05) is 0 Å². The van der Waals surface area contributed by atoms with Crippen LogP contribution < -0.4 is 21.1 Å². The summed E-state index contributed by atoms with van der Waals surface area (Å²) in [6.45, 7) is 2.72. The van der Waals surface area contributed by atoms with Gasteiger partial charge in [-0.25, -0.2) is 4.39 Å². The Morgan fingerprint density at radius 1 is 1.27 bits per heavy atom. The number of hydrogen-bond donors (Lipinski definition) is 3. The van der Waals surface area contributed by atoms with Crippen LogP contribution in [-0.2, 0) is 6.54 Å². The lowest BCUT2D eigenvalue weighted by Gasteiger charge is -2.17. The number of nitrogens with two attached hydrogens (primary N) is 1. The standard InChI is InChI=1S/C17H21FN4O3.HI/c1-11(24-13-5-3-12(18)4-6-13)9-21-17(20-2)22-10-14-7-8-15(25-14)16(19)23;/h3-8,11H,9-10H2,1-2H3,(H2,19,23)(H2,20,21,22);1H. The Morgan fingerprint density at radius 2 is 1.96 bits per heavy atom. The number of amides is 1. The number of rotatable bonds is 7. The summed E-state index contributed by atoms with van der Waals surface area (Å²) in [6, 6.07) is 9.03. The first-order valence-corrected chi connectivity index (χ1v) is 7.73. The third-order valence-corrected chi connectivity index (χ3v) is 3.27. The highest BCUT2D eigenvalue weighted by atomic mass is 127. The Kier molecular flexibility index (Phi) is 8.90. The number of benzene rings is 1. The highest BCUT2D eigenvalue weighted by Gasteiger charge is 2.09. The maximum Gasteiger partial charge on any atom is 0.284 e. The second kappa shape index (κ2) is 10.6. The minimum Gasteiger partial charge on any atom is -0.489 e. The van der Waals surface area contributed by atoms with Crippen LogP contribution in [0, 0.1) is 5.82 Å². The molecule has 0 aliphatic rings. The molecular formula is C17H22FIN4O3. The summed E-state index contributed by atoms with van der Waals surface area (Å²) in [5, 5.41) is 6.16. The van der Waals surface area contributed by atoms with Gasteiger partial charge in [-0.05, 0) is 43.3 Å². The van der Waals surface area contributed by atoms with Crippen LogP contribution in [0.15, 0.2) is 45.8 Å². The number of furan rings is 1. The highest BCUT2D eigenvalue weighted by Crippen LogP contribution is 2.12. The van der Waals surface area contributed by atoms with Gasteiger partial charge < -0.3 is 25.5 Å². The van der Waals surface area contributed by atoms with Gasteiger partial charge in [-0.3, -0.25) is 9.79 Å². The SMILES string of the molecule is CN=C(NCc1ccc(C(N)=O)o1)NCC(C)Oc1ccc(F)cc1.I. The Labute approximate surface area is 168 Å². The fraction of sp³-hybridized carbons (Fsp3) is 0.294. The summed E-state index contributed by atoms with van der Waals surface area (Å²) >= 11 is 0. The van der Waals surface area contributed by atoms with Gasteiger partial charge in [0, 0.05) is 7.05 Å². The summed E-state index contributed by atoms with van der Waals surface area (Å²) in [5.41, 5.74) is 5.14. The Morgan fingerprint density at radius 3 is 2.54 bits per heavy atom. The molecular weight excluding hydrogens is 454 g/mol. The molecule has 0 bridgehead atoms. The van der Waals surface area contributed by atoms with Gasteiger partial charge in [-0.2, -0.15) is 0 Å². The lowest BCUT2D eigenvalue weighted by molar-refractivity contribution is 0.0972. The number of nitrogens with one attached hydrogen (secondary N) is 2. The maximum absolute atomic E-state index is 12.9. The van der Waals surface area contributed by atoms with Crippen LogP contribution >= 0.6 is 24.0 Å². The van der Waals surface area contributed by atoms with Gasteiger partial charge in [-0.15, -0.1) is 24.0 Å². The number of carbonyl (C=O) groups is 1. The van der Waals surface area contributed by atoms with Crippen LogP contribution in [0.5, 0.6) is 5.75 Å². The van der Waals surface area contributed by atoms with E-state index in [-0.39, 0.29) is 41.7 Å². The van der Waals surface area contributed by atoms with Gasteiger partial charge in [0.1, 0.15) is 23.4 Å². The van der Waals surface area contributed by atoms with E-state index in [0.29, 0.717) is 30.6 Å². The van der Waals surface area contributed by atoms with Gasteiger partial charge in [0.05, 0.1) is 13.1 Å². The summed E-state index contributed by atoms with van der Waals surface area (Å²) in [6.07, 6.45) is -0.158. The van der Waals surface area contributed by atoms with E-state index in [4.69, 9.17) is 14.9 Å². The van der Waals surface area contributed by atoms with Crippen molar-refractivity contribution in [3.8, 4) is 5.75 Å². The molecule has 1 aromatic heterocycles. The van der Waals surface area contributed by atoms with E-state index >= 15 is 0 Å². The zero-order valence-electron chi connectivity index (χ0n) is 14.5. The van der Waals surface area contributed by atoms with Crippen LogP contribution in [0.3, 0.4) is 0 Å². The van der Waals surface area contributed by atoms with Crippen molar-refractivity contribution in [2.75, 3.05) is 13.6 Å². The van der Waals surface area contributed by atoms with E-state index in [9.17, 15) is 9.18 Å². The number of ether oxygens (including phenoxy) is 1. The molecule has 0 fully saturated rings. The molecule has 1 aromatic carbocycles. The average molecular weight is 476 g/mol. The van der Waals surface area contributed by atoms with Crippen molar-refractivity contribution in [2.24, 2.45) is 10.7 Å². The number of halogens is 2. The summed E-state index contributed by atoms with van der Waals surface area (Å²) in [7, 11) is 1.64. The number of primary amides is 1. The van der Waals surface area contributed by atoms with Crippen LogP contribution in [0.1, 0.15) is 23.2 Å². The van der Waals surface area contributed by atoms with E-state index in [1.165, 1.54) is 18.2 Å². The van der Waals surface area contributed by atoms with Gasteiger partial charge in [0.15, 0.2) is 11.7 Å². The van der Waals surface area contributed by atoms with E-state index in [2.05, 4.69) is 15.6 Å². The highest BCUT2D eigenvalue weighted by molar-refractivity contribution is 14.0. The molecule has 0 saturated heterocycles. The van der Waals surface area contributed by atoms with Crippen molar-refractivity contribution in [3.05, 3.63) is 53.7 Å². The van der Waals surface area contributed by atoms with Crippen molar-refractivity contribution in [2.45, 2.75) is 19.6 Å². The summed E-state index contributed by atoms with van der Waals surface area (Å²) in [4.78, 5) is 15.1. The molecule has 0 saturated carbocycles. The first-order chi connectivity index (χ1) is 12.0. The third kappa shape index (κ3) is 6.90. The number of guanidine groups is 1. The average Bonchev–Trinajstić information content (AvgIpc) is 3.06. The lowest BCUT2D eigenvalue weighted by atomic mass is 10.3. The predicted molar refractivity (Wildman–Crippen MR) is 107 cm³/mol. The number of hydrogen-bond acceptors (Lipinski definition) is 4. The number of aliphatic imine (C=N–C) groups is 1. The maximum atomic E-state index is 12.9. The molecule has 0 aliphatic heterocycles. The monoisotopic (exact) mass is 476 g/mol. The molecule has 9 heteroatoms. The van der Waals surface area contributed by atoms with E-state index in [1.807, 2.05) is 6.92 Å². The number of nitrogens with zero attached hydrogens (tertiary/aromatic N) is 1. The largest absolute Gasteiger partial charge is 0.489 e. The molecule has 2 rings (SSSR count). The molecule has 1 heterocycles. The molecule has 0 spiro atoms. The second-order valence-electron chi connectivity index (χ2n) is 5.32. The molecule has 0 aliphatic carbocycles. The van der Waals surface area contributed by atoms with E-state index in [1.54, 1.807) is 25.2 Å². The smallest absolute Gasteiger partial charge is 0.284 e. The third-order valence-electron chi connectivity index (χ3n) is 3.27. The molecule has 1 atom stereocenters. The minimum atomic E-state index is -0.611. The van der Waals surface area contributed by atoms with Crippen LogP contribution in [0.25, 0.3) is 0 Å². The van der Waals surface area contributed by atoms with Crippen molar-refractivity contribution in [1.29, 1.82) is 0 Å². The van der Waals surface area contributed by atoms with Gasteiger partial charge in [0.25, 0.3) is 5.91 Å². The predicted octanol–water partition coefficient (Wildman–Crippen LogP) is 2.27. The lowest BCUT2D eigenvalue weighted by Crippen LogP contribution is -2.41. The first-order valence-electron chi connectivity index (χ1n) is 7.73. The van der Waals surface area contributed by atoms with Gasteiger partial charge >= 0.3 is 0 Å². The Hall–Kier alpha value is -2.30. The first kappa shape index (κ1) is 21.7. The fourth-order valence-corrected chi connectivity index (χ4v) is 2.02. The van der Waals surface area contributed by atoms with Crippen LogP contribution in [0.2, 0.25) is 0 Å². The summed E-state index contributed by atoms with van der Waals surface area (Å²) in [5.74, 6) is 0.897. The van der Waals surface area contributed by atoms with E-state index in [0.717, 1.165) is 0 Å². The topological polar surface area (TPSA) is 102 Å². The van der Waals surface area contributed by atoms with Crippen molar-refractivity contribution >= 4 is 35.8 Å². The quantitative estimate of drug-likeness (QED) is 0.324. The second-order valence-corrected chi connectivity index (χ2v) is 5.32. The molecule has 2 aromatic rings. The van der Waals surface area contributed by atoms with Crippen LogP contribution in [0.4, 0.5) is 4.39 Å². The molecule has 1 unspecified atom stereocenters. The van der Waals surface area contributed by atoms with Gasteiger partial charge in [0.2, 0.25) is 0 Å². The Bertz CT molecular complexity index is 734. The fourth-order valence-electron chi connectivity index (χ4n) is 2.02. The van der Waals surface area contributed by atoms with Crippen LogP contribution in [-0.4, -0.2) is 31.6 Å². The Balaban J connectivity index is 0.00000338. The zero-order valence-corrected chi connectivity index (χ0v) is 16.8. The zero-order chi connectivity index (χ0) is 18.2. The molecule has 26 heavy (non-hydrogen) atoms.